The Kier molecular flexibility index (Phi) is 6.00. The molecule has 124 valence electrons. The van der Waals surface area contributed by atoms with E-state index in [9.17, 15) is 0 Å². The van der Waals surface area contributed by atoms with Crippen molar-refractivity contribution in [1.29, 1.82) is 0 Å². The van der Waals surface area contributed by atoms with E-state index in [1.54, 1.807) is 29.2 Å². The van der Waals surface area contributed by atoms with E-state index in [2.05, 4.69) is 46.7 Å². The Morgan fingerprint density at radius 1 is 1.08 bits per heavy atom. The number of nitrogens with zero attached hydrogens (tertiary/aromatic N) is 2. The first-order valence-corrected chi connectivity index (χ1v) is 9.85. The Bertz CT molecular complexity index is 819. The van der Waals surface area contributed by atoms with Crippen LogP contribution in [0.2, 0.25) is 10.0 Å². The van der Waals surface area contributed by atoms with E-state index in [1.165, 1.54) is 11.1 Å². The third-order valence-corrected chi connectivity index (χ3v) is 6.01. The van der Waals surface area contributed by atoms with Gasteiger partial charge in [0.05, 0.1) is 0 Å². The van der Waals surface area contributed by atoms with Gasteiger partial charge in [-0.05, 0) is 30.2 Å². The Hall–Kier alpha value is -1.27. The van der Waals surface area contributed by atoms with Gasteiger partial charge in [0.1, 0.15) is 0 Å². The maximum Gasteiger partial charge on any atom is 0.206 e. The van der Waals surface area contributed by atoms with Crippen LogP contribution in [0.5, 0.6) is 0 Å². The quantitative estimate of drug-likeness (QED) is 0.514. The number of hydrogen-bond acceptors (Lipinski definition) is 5. The molecule has 7 heteroatoms. The van der Waals surface area contributed by atoms with E-state index >= 15 is 0 Å². The lowest BCUT2D eigenvalue weighted by atomic mass is 10.2. The highest BCUT2D eigenvalue weighted by molar-refractivity contribution is 8.00. The first-order chi connectivity index (χ1) is 11.6. The summed E-state index contributed by atoms with van der Waals surface area (Å²) in [5.74, 6) is 0.887. The summed E-state index contributed by atoms with van der Waals surface area (Å²) in [7, 11) is 0. The number of thioether (sulfide) groups is 1. The first kappa shape index (κ1) is 17.5. The second-order valence-electron chi connectivity index (χ2n) is 5.24. The molecule has 0 bridgehead atoms. The molecule has 0 saturated carbocycles. The summed E-state index contributed by atoms with van der Waals surface area (Å²) in [6.45, 7) is 2.68. The van der Waals surface area contributed by atoms with Gasteiger partial charge in [-0.3, -0.25) is 0 Å². The molecule has 0 aliphatic carbocycles. The predicted molar refractivity (Wildman–Crippen MR) is 104 cm³/mol. The van der Waals surface area contributed by atoms with Crippen LogP contribution in [-0.4, -0.2) is 10.2 Å². The van der Waals surface area contributed by atoms with E-state index in [0.29, 0.717) is 16.6 Å². The summed E-state index contributed by atoms with van der Waals surface area (Å²) in [6.07, 6.45) is 0. The van der Waals surface area contributed by atoms with Crippen LogP contribution in [0.25, 0.3) is 0 Å². The van der Waals surface area contributed by atoms with Crippen molar-refractivity contribution in [3.63, 3.8) is 0 Å². The van der Waals surface area contributed by atoms with Gasteiger partial charge in [0.25, 0.3) is 0 Å². The minimum Gasteiger partial charge on any atom is -0.356 e. The fourth-order valence-electron chi connectivity index (χ4n) is 2.00. The zero-order valence-electron chi connectivity index (χ0n) is 12.9. The molecule has 2 aromatic carbocycles. The van der Waals surface area contributed by atoms with Crippen LogP contribution in [0.15, 0.2) is 46.8 Å². The van der Waals surface area contributed by atoms with Crippen molar-refractivity contribution in [1.82, 2.24) is 10.2 Å². The third-order valence-electron chi connectivity index (χ3n) is 3.33. The van der Waals surface area contributed by atoms with Crippen molar-refractivity contribution < 1.29 is 0 Å². The number of aromatic nitrogens is 2. The number of benzene rings is 2. The van der Waals surface area contributed by atoms with E-state index in [1.807, 2.05) is 12.1 Å². The molecule has 0 aliphatic rings. The minimum absolute atomic E-state index is 0.591. The maximum absolute atomic E-state index is 6.17. The summed E-state index contributed by atoms with van der Waals surface area (Å²) in [4.78, 5) is 0. The predicted octanol–water partition coefficient (Wildman–Crippen LogP) is 6.06. The number of nitrogens with one attached hydrogen (secondary N) is 1. The van der Waals surface area contributed by atoms with Gasteiger partial charge >= 0.3 is 0 Å². The van der Waals surface area contributed by atoms with E-state index in [4.69, 9.17) is 23.2 Å². The minimum atomic E-state index is 0.591. The molecule has 1 heterocycles. The second kappa shape index (κ2) is 8.21. The number of hydrogen-bond donors (Lipinski definition) is 1. The molecular weight excluding hydrogens is 381 g/mol. The molecule has 1 N–H and O–H groups in total. The van der Waals surface area contributed by atoms with E-state index in [0.717, 1.165) is 20.8 Å². The van der Waals surface area contributed by atoms with Crippen LogP contribution >= 0.6 is 46.3 Å². The molecule has 0 amide bonds. The standard InChI is InChI=1S/C17H15Cl2N3S2/c1-11-2-4-12(5-3-11)10-23-17-22-21-16(24-17)20-9-13-6-7-14(18)8-15(13)19/h2-8H,9-10H2,1H3,(H,20,21). The van der Waals surface area contributed by atoms with Crippen LogP contribution in [-0.2, 0) is 12.3 Å². The highest BCUT2D eigenvalue weighted by atomic mass is 35.5. The van der Waals surface area contributed by atoms with Crippen molar-refractivity contribution in [3.8, 4) is 0 Å². The molecule has 24 heavy (non-hydrogen) atoms. The molecule has 3 nitrogen and oxygen atoms in total. The summed E-state index contributed by atoms with van der Waals surface area (Å²) >= 11 is 15.3. The number of rotatable bonds is 6. The van der Waals surface area contributed by atoms with Crippen LogP contribution in [0.4, 0.5) is 5.13 Å². The summed E-state index contributed by atoms with van der Waals surface area (Å²) in [6, 6.07) is 14.0. The van der Waals surface area contributed by atoms with Crippen molar-refractivity contribution in [2.45, 2.75) is 23.6 Å². The molecule has 0 aliphatic heterocycles. The van der Waals surface area contributed by atoms with Crippen LogP contribution in [0.3, 0.4) is 0 Å². The first-order valence-electron chi connectivity index (χ1n) is 7.30. The highest BCUT2D eigenvalue weighted by Crippen LogP contribution is 2.29. The van der Waals surface area contributed by atoms with Gasteiger partial charge in [0.2, 0.25) is 5.13 Å². The van der Waals surface area contributed by atoms with Gasteiger partial charge in [0, 0.05) is 22.3 Å². The Morgan fingerprint density at radius 2 is 1.88 bits per heavy atom. The Morgan fingerprint density at radius 3 is 2.62 bits per heavy atom. The number of halogens is 2. The fourth-order valence-corrected chi connectivity index (χ4v) is 4.18. The summed E-state index contributed by atoms with van der Waals surface area (Å²) < 4.78 is 0.945. The van der Waals surface area contributed by atoms with Crippen molar-refractivity contribution in [2.24, 2.45) is 0 Å². The summed E-state index contributed by atoms with van der Waals surface area (Å²) in [5, 5.41) is 13.7. The largest absolute Gasteiger partial charge is 0.356 e. The molecule has 1 aromatic heterocycles. The molecular formula is C17H15Cl2N3S2. The fraction of sp³-hybridized carbons (Fsp3) is 0.176. The van der Waals surface area contributed by atoms with Gasteiger partial charge in [-0.15, -0.1) is 10.2 Å². The van der Waals surface area contributed by atoms with Crippen molar-refractivity contribution in [3.05, 3.63) is 69.2 Å². The number of aryl methyl sites for hydroxylation is 1. The summed E-state index contributed by atoms with van der Waals surface area (Å²) in [5.41, 5.74) is 3.53. The van der Waals surface area contributed by atoms with Gasteiger partial charge in [0.15, 0.2) is 4.34 Å². The third kappa shape index (κ3) is 4.86. The zero-order valence-corrected chi connectivity index (χ0v) is 16.1. The lowest BCUT2D eigenvalue weighted by Crippen LogP contribution is -1.99. The topological polar surface area (TPSA) is 37.8 Å². The van der Waals surface area contributed by atoms with Crippen LogP contribution < -0.4 is 5.32 Å². The zero-order chi connectivity index (χ0) is 16.9. The SMILES string of the molecule is Cc1ccc(CSc2nnc(NCc3ccc(Cl)cc3Cl)s2)cc1. The Labute approximate surface area is 159 Å². The van der Waals surface area contributed by atoms with Crippen LogP contribution in [0, 0.1) is 6.92 Å². The highest BCUT2D eigenvalue weighted by Gasteiger charge is 2.07. The molecule has 0 saturated heterocycles. The van der Waals surface area contributed by atoms with E-state index in [-0.39, 0.29) is 0 Å². The normalized spacial score (nSPS) is 10.8. The molecule has 3 aromatic rings. The van der Waals surface area contributed by atoms with E-state index < -0.39 is 0 Å². The van der Waals surface area contributed by atoms with Crippen LogP contribution in [0.1, 0.15) is 16.7 Å². The second-order valence-corrected chi connectivity index (χ2v) is 8.28. The molecule has 3 rings (SSSR count). The lowest BCUT2D eigenvalue weighted by molar-refractivity contribution is 0.995. The van der Waals surface area contributed by atoms with Crippen molar-refractivity contribution in [2.75, 3.05) is 5.32 Å². The monoisotopic (exact) mass is 395 g/mol. The van der Waals surface area contributed by atoms with Gasteiger partial charge < -0.3 is 5.32 Å². The molecule has 0 radical (unpaired) electrons. The smallest absolute Gasteiger partial charge is 0.206 e. The maximum atomic E-state index is 6.17. The van der Waals surface area contributed by atoms with Gasteiger partial charge in [-0.1, -0.05) is 82.2 Å². The molecule has 0 fully saturated rings. The molecule has 0 unspecified atom stereocenters. The van der Waals surface area contributed by atoms with Crippen molar-refractivity contribution >= 4 is 51.4 Å². The molecule has 0 spiro atoms. The number of anilines is 1. The lowest BCUT2D eigenvalue weighted by Gasteiger charge is -2.05. The van der Waals surface area contributed by atoms with Gasteiger partial charge in [-0.25, -0.2) is 0 Å². The molecule has 0 atom stereocenters. The average molecular weight is 396 g/mol. The Balaban J connectivity index is 1.54. The van der Waals surface area contributed by atoms with Gasteiger partial charge in [-0.2, -0.15) is 0 Å². The average Bonchev–Trinajstić information content (AvgIpc) is 3.01.